The van der Waals surface area contributed by atoms with E-state index in [-0.39, 0.29) is 37.2 Å². The van der Waals surface area contributed by atoms with Gasteiger partial charge in [-0.25, -0.2) is 4.99 Å². The summed E-state index contributed by atoms with van der Waals surface area (Å²) in [6.07, 6.45) is 1.07. The molecule has 1 aliphatic heterocycles. The Labute approximate surface area is 208 Å². The molecule has 3 rings (SSSR count). The Balaban J connectivity index is 0.00000363. The Morgan fingerprint density at radius 2 is 1.97 bits per heavy atom. The van der Waals surface area contributed by atoms with Crippen molar-refractivity contribution < 1.29 is 14.6 Å². The maximum absolute atomic E-state index is 8.95. The molecule has 0 saturated carbocycles. The number of benzene rings is 2. The van der Waals surface area contributed by atoms with E-state index in [0.717, 1.165) is 37.6 Å². The number of guanidine groups is 1. The minimum Gasteiger partial charge on any atom is -0.493 e. The second-order valence-electron chi connectivity index (χ2n) is 7.66. The molecule has 3 N–H and O–H groups in total. The third-order valence-electron chi connectivity index (χ3n) is 5.27. The van der Waals surface area contributed by atoms with Crippen LogP contribution in [0.2, 0.25) is 0 Å². The molecule has 0 radical (unpaired) electrons. The molecule has 1 unspecified atom stereocenters. The predicted molar refractivity (Wildman–Crippen MR) is 141 cm³/mol. The van der Waals surface area contributed by atoms with E-state index in [1.54, 1.807) is 7.11 Å². The van der Waals surface area contributed by atoms with Gasteiger partial charge in [0.05, 0.1) is 20.3 Å². The summed E-state index contributed by atoms with van der Waals surface area (Å²) in [5.74, 6) is 2.08. The van der Waals surface area contributed by atoms with Gasteiger partial charge in [-0.2, -0.15) is 0 Å². The van der Waals surface area contributed by atoms with Crippen LogP contribution in [0.15, 0.2) is 47.5 Å². The summed E-state index contributed by atoms with van der Waals surface area (Å²) in [4.78, 5) is 7.18. The van der Waals surface area contributed by atoms with E-state index in [4.69, 9.17) is 19.6 Å². The highest BCUT2D eigenvalue weighted by Gasteiger charge is 2.23. The summed E-state index contributed by atoms with van der Waals surface area (Å²) in [6, 6.07) is 14.8. The normalized spacial score (nSPS) is 15.8. The number of aliphatic hydroxyl groups is 1. The van der Waals surface area contributed by atoms with E-state index in [1.165, 1.54) is 11.3 Å². The van der Waals surface area contributed by atoms with Crippen LogP contribution in [0.4, 0.5) is 5.69 Å². The van der Waals surface area contributed by atoms with Gasteiger partial charge in [0.25, 0.3) is 0 Å². The number of methoxy groups -OCH3 is 1. The molecule has 0 amide bonds. The fourth-order valence-corrected chi connectivity index (χ4v) is 3.64. The molecule has 0 aliphatic carbocycles. The van der Waals surface area contributed by atoms with Crippen LogP contribution < -0.4 is 25.0 Å². The summed E-state index contributed by atoms with van der Waals surface area (Å²) in [5.41, 5.74) is 3.58. The first-order valence-electron chi connectivity index (χ1n) is 10.9. The van der Waals surface area contributed by atoms with E-state index >= 15 is 0 Å². The molecule has 8 heteroatoms. The number of anilines is 1. The lowest BCUT2D eigenvalue weighted by Crippen LogP contribution is -2.44. The van der Waals surface area contributed by atoms with Crippen molar-refractivity contribution in [3.8, 4) is 11.5 Å². The van der Waals surface area contributed by atoms with Gasteiger partial charge >= 0.3 is 0 Å². The Bertz CT molecular complexity index is 861. The van der Waals surface area contributed by atoms with Gasteiger partial charge in [-0.3, -0.25) is 0 Å². The van der Waals surface area contributed by atoms with E-state index in [2.05, 4.69) is 53.6 Å². The Kier molecular flexibility index (Phi) is 10.9. The van der Waals surface area contributed by atoms with Crippen molar-refractivity contribution in [1.82, 2.24) is 10.6 Å². The molecule has 1 fully saturated rings. The molecule has 32 heavy (non-hydrogen) atoms. The number of hydrogen-bond donors (Lipinski definition) is 3. The minimum atomic E-state index is -0.0323. The van der Waals surface area contributed by atoms with Gasteiger partial charge in [-0.05, 0) is 50.1 Å². The molecule has 0 aromatic heterocycles. The first-order chi connectivity index (χ1) is 15.1. The molecule has 0 bridgehead atoms. The number of nitrogens with zero attached hydrogens (tertiary/aromatic N) is 2. The van der Waals surface area contributed by atoms with Gasteiger partial charge in [-0.1, -0.05) is 23.8 Å². The third kappa shape index (κ3) is 7.44. The molecule has 1 atom stereocenters. The summed E-state index contributed by atoms with van der Waals surface area (Å²) < 4.78 is 10.9. The number of nitrogens with one attached hydrogen (secondary N) is 2. The number of rotatable bonds is 9. The van der Waals surface area contributed by atoms with E-state index < -0.39 is 0 Å². The summed E-state index contributed by atoms with van der Waals surface area (Å²) in [5, 5.41) is 15.9. The summed E-state index contributed by atoms with van der Waals surface area (Å²) >= 11 is 0. The van der Waals surface area contributed by atoms with Crippen molar-refractivity contribution in [3.63, 3.8) is 0 Å². The molecule has 7 nitrogen and oxygen atoms in total. The molecule has 1 heterocycles. The zero-order valence-corrected chi connectivity index (χ0v) is 21.5. The average molecular weight is 554 g/mol. The maximum Gasteiger partial charge on any atom is 0.191 e. The predicted octanol–water partition coefficient (Wildman–Crippen LogP) is 3.33. The highest BCUT2D eigenvalue weighted by molar-refractivity contribution is 14.0. The first kappa shape index (κ1) is 26.1. The first-order valence-corrected chi connectivity index (χ1v) is 10.9. The average Bonchev–Trinajstić information content (AvgIpc) is 3.25. The SMILES string of the molecule is CCNC(=NCc1ccc(OCCO)c(OC)c1)NC1CCN(c2ccc(C)cc2)C1.I. The van der Waals surface area contributed by atoms with Crippen molar-refractivity contribution in [2.24, 2.45) is 4.99 Å². The fraction of sp³-hybridized carbons (Fsp3) is 0.458. The monoisotopic (exact) mass is 554 g/mol. The van der Waals surface area contributed by atoms with Crippen molar-refractivity contribution in [1.29, 1.82) is 0 Å². The molecule has 2 aromatic rings. The van der Waals surface area contributed by atoms with Crippen molar-refractivity contribution in [3.05, 3.63) is 53.6 Å². The molecule has 1 aliphatic rings. The quantitative estimate of drug-likeness (QED) is 0.251. The van der Waals surface area contributed by atoms with Crippen molar-refractivity contribution in [2.45, 2.75) is 32.9 Å². The van der Waals surface area contributed by atoms with Crippen LogP contribution in [0.25, 0.3) is 0 Å². The molecule has 0 spiro atoms. The van der Waals surface area contributed by atoms with Crippen LogP contribution in [0.1, 0.15) is 24.5 Å². The molecule has 176 valence electrons. The van der Waals surface area contributed by atoms with E-state index in [0.29, 0.717) is 24.1 Å². The third-order valence-corrected chi connectivity index (χ3v) is 5.27. The van der Waals surface area contributed by atoms with Gasteiger partial charge in [0.15, 0.2) is 17.5 Å². The Hall–Kier alpha value is -2.20. The molecular formula is C24H35IN4O3. The van der Waals surface area contributed by atoms with Crippen LogP contribution in [0.3, 0.4) is 0 Å². The number of ether oxygens (including phenoxy) is 2. The maximum atomic E-state index is 8.95. The number of aryl methyl sites for hydroxylation is 1. The highest BCUT2D eigenvalue weighted by Crippen LogP contribution is 2.28. The lowest BCUT2D eigenvalue weighted by atomic mass is 10.2. The topological polar surface area (TPSA) is 78.4 Å². The van der Waals surface area contributed by atoms with Gasteiger partial charge in [0.2, 0.25) is 0 Å². The van der Waals surface area contributed by atoms with Crippen LogP contribution >= 0.6 is 24.0 Å². The highest BCUT2D eigenvalue weighted by atomic mass is 127. The summed E-state index contributed by atoms with van der Waals surface area (Å²) in [7, 11) is 1.61. The second-order valence-corrected chi connectivity index (χ2v) is 7.66. The number of aliphatic imine (C=N–C) groups is 1. The van der Waals surface area contributed by atoms with E-state index in [1.807, 2.05) is 18.2 Å². The smallest absolute Gasteiger partial charge is 0.191 e. The lowest BCUT2D eigenvalue weighted by Gasteiger charge is -2.20. The van der Waals surface area contributed by atoms with Crippen LogP contribution in [0.5, 0.6) is 11.5 Å². The van der Waals surface area contributed by atoms with Gasteiger partial charge in [-0.15, -0.1) is 24.0 Å². The number of aliphatic hydroxyl groups excluding tert-OH is 1. The summed E-state index contributed by atoms with van der Waals surface area (Å²) in [6.45, 7) is 7.71. The standard InChI is InChI=1S/C24H34N4O3.HI/c1-4-25-24(26-16-19-7-10-22(31-14-13-29)23(15-19)30-3)27-20-11-12-28(17-20)21-8-5-18(2)6-9-21;/h5-10,15,20,29H,4,11-14,16-17H2,1-3H3,(H2,25,26,27);1H. The number of hydrogen-bond acceptors (Lipinski definition) is 5. The molecule has 1 saturated heterocycles. The molecular weight excluding hydrogens is 519 g/mol. The Morgan fingerprint density at radius 3 is 2.66 bits per heavy atom. The number of halogens is 1. The van der Waals surface area contributed by atoms with Crippen LogP contribution in [-0.4, -0.2) is 57.1 Å². The van der Waals surface area contributed by atoms with Crippen molar-refractivity contribution in [2.75, 3.05) is 44.9 Å². The Morgan fingerprint density at radius 1 is 1.19 bits per heavy atom. The van der Waals surface area contributed by atoms with Crippen LogP contribution in [0, 0.1) is 6.92 Å². The zero-order valence-electron chi connectivity index (χ0n) is 19.1. The van der Waals surface area contributed by atoms with E-state index in [9.17, 15) is 0 Å². The second kappa shape index (κ2) is 13.4. The van der Waals surface area contributed by atoms with Gasteiger partial charge in [0, 0.05) is 31.4 Å². The van der Waals surface area contributed by atoms with Gasteiger partial charge < -0.3 is 30.1 Å². The zero-order chi connectivity index (χ0) is 22.1. The van der Waals surface area contributed by atoms with Crippen molar-refractivity contribution >= 4 is 35.6 Å². The van der Waals surface area contributed by atoms with Crippen LogP contribution in [-0.2, 0) is 6.54 Å². The fourth-order valence-electron chi connectivity index (χ4n) is 3.64. The largest absolute Gasteiger partial charge is 0.493 e. The van der Waals surface area contributed by atoms with Gasteiger partial charge in [0.1, 0.15) is 6.61 Å². The lowest BCUT2D eigenvalue weighted by molar-refractivity contribution is 0.196. The minimum absolute atomic E-state index is 0. The molecule has 2 aromatic carbocycles.